The van der Waals surface area contributed by atoms with Crippen LogP contribution in [-0.4, -0.2) is 33.0 Å². The van der Waals surface area contributed by atoms with E-state index in [1.54, 1.807) is 13.2 Å². The van der Waals surface area contributed by atoms with Crippen LogP contribution >= 0.6 is 11.8 Å². The quantitative estimate of drug-likeness (QED) is 0.390. The molecule has 1 amide bonds. The normalized spacial score (nSPS) is 11.9. The average molecular weight is 469 g/mol. The van der Waals surface area contributed by atoms with E-state index in [4.69, 9.17) is 9.47 Å². The number of carbonyl (C=O) groups excluding carboxylic acids is 1. The standard InChI is InChI=1S/C25H32N4O3S/c1-6-19-10-12-21(13-11-19)32-16-23-27-28-25(29(23)15-17(2)3)33-18(4)24(30)26-20-8-7-9-22(14-20)31-5/h7-14,17-18H,6,15-16H2,1-5H3,(H,26,30). The van der Waals surface area contributed by atoms with E-state index >= 15 is 0 Å². The van der Waals surface area contributed by atoms with Gasteiger partial charge in [0.25, 0.3) is 0 Å². The maximum Gasteiger partial charge on any atom is 0.237 e. The number of anilines is 1. The summed E-state index contributed by atoms with van der Waals surface area (Å²) in [6.45, 7) is 9.33. The first-order chi connectivity index (χ1) is 15.9. The Morgan fingerprint density at radius 1 is 1.09 bits per heavy atom. The van der Waals surface area contributed by atoms with Crippen molar-refractivity contribution < 1.29 is 14.3 Å². The monoisotopic (exact) mass is 468 g/mol. The van der Waals surface area contributed by atoms with Crippen molar-refractivity contribution in [1.82, 2.24) is 14.8 Å². The van der Waals surface area contributed by atoms with E-state index in [2.05, 4.69) is 48.4 Å². The molecule has 0 spiro atoms. The van der Waals surface area contributed by atoms with Crippen LogP contribution in [0.25, 0.3) is 0 Å². The number of nitrogens with one attached hydrogen (secondary N) is 1. The van der Waals surface area contributed by atoms with E-state index < -0.39 is 0 Å². The summed E-state index contributed by atoms with van der Waals surface area (Å²) in [6.07, 6.45) is 0.993. The van der Waals surface area contributed by atoms with Gasteiger partial charge >= 0.3 is 0 Å². The van der Waals surface area contributed by atoms with Crippen molar-refractivity contribution in [3.63, 3.8) is 0 Å². The van der Waals surface area contributed by atoms with Crippen molar-refractivity contribution in [2.45, 2.75) is 57.7 Å². The highest BCUT2D eigenvalue weighted by Crippen LogP contribution is 2.26. The highest BCUT2D eigenvalue weighted by Gasteiger charge is 2.21. The van der Waals surface area contributed by atoms with Crippen LogP contribution in [0.4, 0.5) is 5.69 Å². The lowest BCUT2D eigenvalue weighted by molar-refractivity contribution is -0.115. The molecule has 0 aliphatic heterocycles. The number of thioether (sulfide) groups is 1. The first-order valence-electron chi connectivity index (χ1n) is 11.1. The number of nitrogens with zero attached hydrogens (tertiary/aromatic N) is 3. The molecule has 0 fully saturated rings. The number of methoxy groups -OCH3 is 1. The second-order valence-electron chi connectivity index (χ2n) is 8.17. The number of carbonyl (C=O) groups is 1. The molecule has 2 aromatic carbocycles. The molecule has 1 unspecified atom stereocenters. The van der Waals surface area contributed by atoms with Crippen LogP contribution in [-0.2, 0) is 24.4 Å². The Bertz CT molecular complexity index is 1050. The summed E-state index contributed by atoms with van der Waals surface area (Å²) in [5.74, 6) is 2.52. The summed E-state index contributed by atoms with van der Waals surface area (Å²) in [5.41, 5.74) is 1.96. The Hall–Kier alpha value is -3.00. The number of hydrogen-bond donors (Lipinski definition) is 1. The van der Waals surface area contributed by atoms with Crippen LogP contribution < -0.4 is 14.8 Å². The SMILES string of the molecule is CCc1ccc(OCc2nnc(SC(C)C(=O)Nc3cccc(OC)c3)n2CC(C)C)cc1. The summed E-state index contributed by atoms with van der Waals surface area (Å²) >= 11 is 1.39. The molecule has 3 rings (SSSR count). The summed E-state index contributed by atoms with van der Waals surface area (Å²) in [5, 5.41) is 12.0. The summed E-state index contributed by atoms with van der Waals surface area (Å²) in [6, 6.07) is 15.4. The van der Waals surface area contributed by atoms with Gasteiger partial charge in [-0.1, -0.05) is 50.7 Å². The number of aromatic nitrogens is 3. The van der Waals surface area contributed by atoms with Gasteiger partial charge in [-0.25, -0.2) is 0 Å². The molecule has 3 aromatic rings. The smallest absolute Gasteiger partial charge is 0.237 e. The fourth-order valence-corrected chi connectivity index (χ4v) is 4.06. The minimum Gasteiger partial charge on any atom is -0.497 e. The average Bonchev–Trinajstić information content (AvgIpc) is 3.18. The van der Waals surface area contributed by atoms with Gasteiger partial charge in [0.2, 0.25) is 5.91 Å². The van der Waals surface area contributed by atoms with Crippen molar-refractivity contribution in [3.8, 4) is 11.5 Å². The Balaban J connectivity index is 1.68. The molecule has 0 saturated carbocycles. The molecule has 0 saturated heterocycles. The van der Waals surface area contributed by atoms with Crippen molar-refractivity contribution in [3.05, 3.63) is 59.9 Å². The molecule has 1 N–H and O–H groups in total. The summed E-state index contributed by atoms with van der Waals surface area (Å²) in [4.78, 5) is 12.8. The highest BCUT2D eigenvalue weighted by atomic mass is 32.2. The van der Waals surface area contributed by atoms with Gasteiger partial charge in [-0.3, -0.25) is 4.79 Å². The highest BCUT2D eigenvalue weighted by molar-refractivity contribution is 8.00. The van der Waals surface area contributed by atoms with Crippen LogP contribution in [0.2, 0.25) is 0 Å². The number of benzene rings is 2. The van der Waals surface area contributed by atoms with Crippen molar-refractivity contribution in [2.75, 3.05) is 12.4 Å². The predicted octanol–water partition coefficient (Wildman–Crippen LogP) is 5.20. The Kier molecular flexibility index (Phi) is 8.77. The van der Waals surface area contributed by atoms with E-state index in [-0.39, 0.29) is 11.2 Å². The number of aryl methyl sites for hydroxylation is 1. The first-order valence-corrected chi connectivity index (χ1v) is 12.0. The second kappa shape index (κ2) is 11.7. The van der Waals surface area contributed by atoms with Gasteiger partial charge in [-0.05, 0) is 49.1 Å². The topological polar surface area (TPSA) is 78.3 Å². The fraction of sp³-hybridized carbons (Fsp3) is 0.400. The zero-order valence-electron chi connectivity index (χ0n) is 19.9. The summed E-state index contributed by atoms with van der Waals surface area (Å²) in [7, 11) is 1.60. The molecular weight excluding hydrogens is 436 g/mol. The van der Waals surface area contributed by atoms with E-state index in [0.717, 1.165) is 24.5 Å². The molecule has 8 heteroatoms. The number of rotatable bonds is 11. The molecule has 0 aliphatic rings. The van der Waals surface area contributed by atoms with Gasteiger partial charge in [0.1, 0.15) is 18.1 Å². The van der Waals surface area contributed by atoms with Crippen LogP contribution in [0.15, 0.2) is 53.7 Å². The Morgan fingerprint density at radius 3 is 2.52 bits per heavy atom. The molecular formula is C25H32N4O3S. The summed E-state index contributed by atoms with van der Waals surface area (Å²) < 4.78 is 13.2. The van der Waals surface area contributed by atoms with Crippen LogP contribution in [0, 0.1) is 5.92 Å². The van der Waals surface area contributed by atoms with Crippen LogP contribution in [0.1, 0.15) is 39.1 Å². The lowest BCUT2D eigenvalue weighted by Crippen LogP contribution is -2.23. The zero-order valence-corrected chi connectivity index (χ0v) is 20.7. The minimum atomic E-state index is -0.360. The number of ether oxygens (including phenoxy) is 2. The lowest BCUT2D eigenvalue weighted by atomic mass is 10.2. The first kappa shape index (κ1) is 24.6. The van der Waals surface area contributed by atoms with Gasteiger partial charge in [0.15, 0.2) is 11.0 Å². The fourth-order valence-electron chi connectivity index (χ4n) is 3.19. The molecule has 1 heterocycles. The van der Waals surface area contributed by atoms with E-state index in [1.165, 1.54) is 17.3 Å². The maximum atomic E-state index is 12.8. The second-order valence-corrected chi connectivity index (χ2v) is 9.48. The lowest BCUT2D eigenvalue weighted by Gasteiger charge is -2.15. The van der Waals surface area contributed by atoms with Crippen molar-refractivity contribution in [2.24, 2.45) is 5.92 Å². The van der Waals surface area contributed by atoms with Gasteiger partial charge in [0.05, 0.1) is 12.4 Å². The number of amides is 1. The Morgan fingerprint density at radius 2 is 1.85 bits per heavy atom. The Labute approximate surface area is 199 Å². The van der Waals surface area contributed by atoms with E-state index in [9.17, 15) is 4.79 Å². The van der Waals surface area contributed by atoms with Crippen molar-refractivity contribution in [1.29, 1.82) is 0 Å². The van der Waals surface area contributed by atoms with Crippen molar-refractivity contribution >= 4 is 23.4 Å². The van der Waals surface area contributed by atoms with Gasteiger partial charge in [-0.2, -0.15) is 0 Å². The zero-order chi connectivity index (χ0) is 23.8. The third-order valence-corrected chi connectivity index (χ3v) is 6.11. The minimum absolute atomic E-state index is 0.110. The third kappa shape index (κ3) is 6.99. The maximum absolute atomic E-state index is 12.8. The van der Waals surface area contributed by atoms with Crippen LogP contribution in [0.5, 0.6) is 11.5 Å². The van der Waals surface area contributed by atoms with Gasteiger partial charge in [0, 0.05) is 18.3 Å². The largest absolute Gasteiger partial charge is 0.497 e. The third-order valence-electron chi connectivity index (χ3n) is 5.03. The van der Waals surface area contributed by atoms with E-state index in [1.807, 2.05) is 41.8 Å². The predicted molar refractivity (Wildman–Crippen MR) is 132 cm³/mol. The molecule has 1 aromatic heterocycles. The molecule has 33 heavy (non-hydrogen) atoms. The van der Waals surface area contributed by atoms with Crippen LogP contribution in [0.3, 0.4) is 0 Å². The molecule has 7 nitrogen and oxygen atoms in total. The molecule has 0 aliphatic carbocycles. The van der Waals surface area contributed by atoms with E-state index in [0.29, 0.717) is 29.1 Å². The van der Waals surface area contributed by atoms with Gasteiger partial charge < -0.3 is 19.4 Å². The molecule has 1 atom stereocenters. The molecule has 176 valence electrons. The molecule has 0 radical (unpaired) electrons. The van der Waals surface area contributed by atoms with Gasteiger partial charge in [-0.15, -0.1) is 10.2 Å². The molecule has 0 bridgehead atoms. The number of hydrogen-bond acceptors (Lipinski definition) is 6.